The molecule has 0 spiro atoms. The van der Waals surface area contributed by atoms with Crippen LogP contribution < -0.4 is 11.3 Å². The summed E-state index contributed by atoms with van der Waals surface area (Å²) in [5, 5.41) is 29.3. The van der Waals surface area contributed by atoms with E-state index in [1.807, 2.05) is 0 Å². The van der Waals surface area contributed by atoms with Crippen molar-refractivity contribution in [3.8, 4) is 0 Å². The lowest BCUT2D eigenvalue weighted by Gasteiger charge is -2.17. The zero-order valence-corrected chi connectivity index (χ0v) is 11.0. The van der Waals surface area contributed by atoms with Crippen LogP contribution in [0.4, 0.5) is 0 Å². The first-order valence-electron chi connectivity index (χ1n) is 6.48. The fourth-order valence-electron chi connectivity index (χ4n) is 2.63. The first-order chi connectivity index (χ1) is 10.1. The zero-order valence-electron chi connectivity index (χ0n) is 11.0. The number of nitrogens with one attached hydrogen (secondary N) is 1. The van der Waals surface area contributed by atoms with Crippen LogP contribution in [0.25, 0.3) is 11.0 Å². The van der Waals surface area contributed by atoms with Crippen LogP contribution in [0.5, 0.6) is 0 Å². The summed E-state index contributed by atoms with van der Waals surface area (Å²) in [6, 6.07) is 0. The number of aromatic amines is 1. The van der Waals surface area contributed by atoms with E-state index in [0.29, 0.717) is 16.6 Å². The Balaban J connectivity index is 2.14. The van der Waals surface area contributed by atoms with Crippen molar-refractivity contribution in [1.29, 1.82) is 0 Å². The summed E-state index contributed by atoms with van der Waals surface area (Å²) in [5.74, 6) is 0. The maximum absolute atomic E-state index is 11.9. The van der Waals surface area contributed by atoms with Crippen molar-refractivity contribution in [2.75, 3.05) is 6.61 Å². The third-order valence-corrected chi connectivity index (χ3v) is 3.70. The predicted molar refractivity (Wildman–Crippen MR) is 71.3 cm³/mol. The average Bonchev–Trinajstić information content (AvgIpc) is 2.99. The normalized spacial score (nSPS) is 29.3. The van der Waals surface area contributed by atoms with Crippen LogP contribution in [0.2, 0.25) is 0 Å². The standard InChI is InChI=1S/C12H16N4O5/c13-1-5-2-16(10-7(5)11(20)15-4-14-10)12-9(19)8(18)6(3-17)21-12/h2,4,6,8-9,12,17-19H,1,3,13H2,(H,14,15,20)/t6-,8-,9+,12-/m1/s1. The lowest BCUT2D eigenvalue weighted by molar-refractivity contribution is -0.0509. The number of aliphatic hydroxyl groups is 3. The maximum Gasteiger partial charge on any atom is 0.260 e. The van der Waals surface area contributed by atoms with Gasteiger partial charge in [0, 0.05) is 12.7 Å². The van der Waals surface area contributed by atoms with E-state index in [2.05, 4.69) is 9.97 Å². The highest BCUT2D eigenvalue weighted by molar-refractivity contribution is 5.79. The minimum absolute atomic E-state index is 0.118. The molecule has 9 heteroatoms. The molecule has 0 saturated carbocycles. The summed E-state index contributed by atoms with van der Waals surface area (Å²) in [4.78, 5) is 18.4. The van der Waals surface area contributed by atoms with Crippen molar-refractivity contribution in [2.45, 2.75) is 31.1 Å². The smallest absolute Gasteiger partial charge is 0.260 e. The number of fused-ring (bicyclic) bond motifs is 1. The van der Waals surface area contributed by atoms with E-state index in [9.17, 15) is 15.0 Å². The fraction of sp³-hybridized carbons (Fsp3) is 0.500. The van der Waals surface area contributed by atoms with Crippen molar-refractivity contribution in [3.63, 3.8) is 0 Å². The lowest BCUT2D eigenvalue weighted by atomic mass is 10.1. The van der Waals surface area contributed by atoms with Crippen molar-refractivity contribution < 1.29 is 20.1 Å². The van der Waals surface area contributed by atoms with E-state index in [0.717, 1.165) is 0 Å². The van der Waals surface area contributed by atoms with Gasteiger partial charge >= 0.3 is 0 Å². The van der Waals surface area contributed by atoms with Gasteiger partial charge in [0.2, 0.25) is 0 Å². The third-order valence-electron chi connectivity index (χ3n) is 3.70. The number of hydrogen-bond donors (Lipinski definition) is 5. The Morgan fingerprint density at radius 3 is 2.81 bits per heavy atom. The molecule has 1 aliphatic rings. The molecule has 6 N–H and O–H groups in total. The van der Waals surface area contributed by atoms with Crippen LogP contribution in [0, 0.1) is 0 Å². The fourth-order valence-corrected chi connectivity index (χ4v) is 2.63. The molecule has 0 aliphatic carbocycles. The monoisotopic (exact) mass is 296 g/mol. The van der Waals surface area contributed by atoms with Gasteiger partial charge in [-0.3, -0.25) is 4.79 Å². The molecule has 4 atom stereocenters. The number of aliphatic hydroxyl groups excluding tert-OH is 3. The number of aromatic nitrogens is 3. The molecule has 2 aromatic heterocycles. The number of ether oxygens (including phenoxy) is 1. The molecule has 114 valence electrons. The molecule has 3 rings (SSSR count). The van der Waals surface area contributed by atoms with E-state index in [1.165, 1.54) is 10.9 Å². The molecule has 1 fully saturated rings. The van der Waals surface area contributed by atoms with Crippen molar-refractivity contribution >= 4 is 11.0 Å². The summed E-state index contributed by atoms with van der Waals surface area (Å²) in [5.41, 5.74) is 6.14. The van der Waals surface area contributed by atoms with E-state index in [-0.39, 0.29) is 12.1 Å². The Hall–Kier alpha value is -1.78. The summed E-state index contributed by atoms with van der Waals surface area (Å²) in [7, 11) is 0. The van der Waals surface area contributed by atoms with Gasteiger partial charge in [0.15, 0.2) is 6.23 Å². The first kappa shape index (κ1) is 14.2. The SMILES string of the molecule is NCc1cn([C@@H]2O[C@H](CO)[C@@H](O)[C@@H]2O)c2nc[nH]c(=O)c12. The van der Waals surface area contributed by atoms with Crippen LogP contribution in [0.15, 0.2) is 17.3 Å². The molecule has 0 aromatic carbocycles. The number of hydrogen-bond acceptors (Lipinski definition) is 7. The van der Waals surface area contributed by atoms with Crippen molar-refractivity contribution in [3.05, 3.63) is 28.4 Å². The maximum atomic E-state index is 11.9. The Morgan fingerprint density at radius 1 is 1.43 bits per heavy atom. The second-order valence-corrected chi connectivity index (χ2v) is 4.92. The van der Waals surface area contributed by atoms with E-state index < -0.39 is 31.1 Å². The number of H-pyrrole nitrogens is 1. The van der Waals surface area contributed by atoms with Gasteiger partial charge in [-0.2, -0.15) is 0 Å². The summed E-state index contributed by atoms with van der Waals surface area (Å²) in [6.07, 6.45) is -1.51. The highest BCUT2D eigenvalue weighted by atomic mass is 16.6. The second kappa shape index (κ2) is 5.20. The Labute approximate surface area is 118 Å². The molecule has 0 unspecified atom stereocenters. The third kappa shape index (κ3) is 2.06. The van der Waals surface area contributed by atoms with Crippen molar-refractivity contribution in [2.24, 2.45) is 5.73 Å². The number of nitrogens with two attached hydrogens (primary N) is 1. The summed E-state index contributed by atoms with van der Waals surface area (Å²) >= 11 is 0. The molecule has 0 radical (unpaired) electrons. The summed E-state index contributed by atoms with van der Waals surface area (Å²) < 4.78 is 6.90. The van der Waals surface area contributed by atoms with Gasteiger partial charge in [0.05, 0.1) is 18.3 Å². The van der Waals surface area contributed by atoms with Gasteiger partial charge in [-0.25, -0.2) is 4.98 Å². The molecule has 3 heterocycles. The highest BCUT2D eigenvalue weighted by Crippen LogP contribution is 2.32. The van der Waals surface area contributed by atoms with E-state index >= 15 is 0 Å². The summed E-state index contributed by atoms with van der Waals surface area (Å²) in [6.45, 7) is -0.307. The molecular weight excluding hydrogens is 280 g/mol. The molecule has 21 heavy (non-hydrogen) atoms. The van der Waals surface area contributed by atoms with E-state index in [1.54, 1.807) is 6.20 Å². The van der Waals surface area contributed by atoms with Gasteiger partial charge < -0.3 is 35.3 Å². The van der Waals surface area contributed by atoms with Crippen LogP contribution in [-0.4, -0.2) is 54.8 Å². The molecule has 1 aliphatic heterocycles. The van der Waals surface area contributed by atoms with Gasteiger partial charge in [-0.1, -0.05) is 0 Å². The minimum atomic E-state index is -1.25. The van der Waals surface area contributed by atoms with Gasteiger partial charge in [0.1, 0.15) is 24.0 Å². The van der Waals surface area contributed by atoms with Crippen LogP contribution in [0.3, 0.4) is 0 Å². The zero-order chi connectivity index (χ0) is 15.1. The van der Waals surface area contributed by atoms with Gasteiger partial charge in [0.25, 0.3) is 5.56 Å². The first-order valence-corrected chi connectivity index (χ1v) is 6.48. The molecular formula is C12H16N4O5. The molecule has 1 saturated heterocycles. The lowest BCUT2D eigenvalue weighted by Crippen LogP contribution is -2.33. The largest absolute Gasteiger partial charge is 0.394 e. The second-order valence-electron chi connectivity index (χ2n) is 4.92. The van der Waals surface area contributed by atoms with Crippen LogP contribution >= 0.6 is 0 Å². The van der Waals surface area contributed by atoms with Crippen LogP contribution in [0.1, 0.15) is 11.8 Å². The van der Waals surface area contributed by atoms with Gasteiger partial charge in [-0.15, -0.1) is 0 Å². The van der Waals surface area contributed by atoms with Crippen LogP contribution in [-0.2, 0) is 11.3 Å². The minimum Gasteiger partial charge on any atom is -0.394 e. The number of rotatable bonds is 3. The average molecular weight is 296 g/mol. The Kier molecular flexibility index (Phi) is 3.51. The number of nitrogens with zero attached hydrogens (tertiary/aromatic N) is 2. The molecule has 9 nitrogen and oxygen atoms in total. The Morgan fingerprint density at radius 2 is 2.19 bits per heavy atom. The molecule has 0 amide bonds. The Bertz CT molecular complexity index is 711. The predicted octanol–water partition coefficient (Wildman–Crippen LogP) is -2.21. The quantitative estimate of drug-likeness (QED) is 0.431. The van der Waals surface area contributed by atoms with Crippen molar-refractivity contribution in [1.82, 2.24) is 14.5 Å². The molecule has 2 aromatic rings. The van der Waals surface area contributed by atoms with E-state index in [4.69, 9.17) is 15.6 Å². The topological polar surface area (TPSA) is 147 Å². The highest BCUT2D eigenvalue weighted by Gasteiger charge is 2.44. The van der Waals surface area contributed by atoms with Gasteiger partial charge in [-0.05, 0) is 5.56 Å². The molecule has 0 bridgehead atoms.